The quantitative estimate of drug-likeness (QED) is 0.762. The molecule has 1 fully saturated rings. The Labute approximate surface area is 134 Å². The lowest BCUT2D eigenvalue weighted by Crippen LogP contribution is -2.44. The molecule has 1 aliphatic rings. The van der Waals surface area contributed by atoms with Gasteiger partial charge in [-0.2, -0.15) is 0 Å². The summed E-state index contributed by atoms with van der Waals surface area (Å²) in [6.45, 7) is 9.56. The van der Waals surface area contributed by atoms with E-state index in [1.807, 2.05) is 49.9 Å². The summed E-state index contributed by atoms with van der Waals surface area (Å²) >= 11 is 0. The van der Waals surface area contributed by atoms with Crippen molar-refractivity contribution in [1.29, 1.82) is 0 Å². The lowest BCUT2D eigenvalue weighted by molar-refractivity contribution is 0.0149. The first-order valence-corrected chi connectivity index (χ1v) is 8.07. The largest absolute Gasteiger partial charge is 0.444 e. The Kier molecular flexibility index (Phi) is 5.28. The summed E-state index contributed by atoms with van der Waals surface area (Å²) in [5, 5.41) is 0. The molecule has 1 saturated heterocycles. The highest BCUT2D eigenvalue weighted by molar-refractivity contribution is 5.69. The second-order valence-corrected chi connectivity index (χ2v) is 6.99. The Hall–Kier alpha value is -1.77. The molecule has 1 amide bonds. The van der Waals surface area contributed by atoms with Gasteiger partial charge in [0.2, 0.25) is 0 Å². The summed E-state index contributed by atoms with van der Waals surface area (Å²) in [7, 11) is 0. The molecule has 1 aromatic carbocycles. The van der Waals surface area contributed by atoms with Gasteiger partial charge in [-0.3, -0.25) is 0 Å². The average molecular weight is 301 g/mol. The van der Waals surface area contributed by atoms with Gasteiger partial charge in [-0.05, 0) is 52.0 Å². The Balaban J connectivity index is 2.13. The number of ether oxygens (including phenoxy) is 1. The van der Waals surface area contributed by atoms with Gasteiger partial charge in [-0.25, -0.2) is 4.79 Å². The van der Waals surface area contributed by atoms with Gasteiger partial charge < -0.3 is 9.64 Å². The molecule has 0 radical (unpaired) electrons. The molecule has 1 aromatic rings. The van der Waals surface area contributed by atoms with Crippen LogP contribution in [0.4, 0.5) is 4.79 Å². The monoisotopic (exact) mass is 301 g/mol. The SMILES string of the molecule is C=CCC1CC[C@H](Cc2ccccc2)N1C(=O)OC(C)(C)C. The van der Waals surface area contributed by atoms with Gasteiger partial charge in [-0.15, -0.1) is 6.58 Å². The molecule has 3 heteroatoms. The van der Waals surface area contributed by atoms with Crippen LogP contribution in [0.25, 0.3) is 0 Å². The number of carbonyl (C=O) groups excluding carboxylic acids is 1. The summed E-state index contributed by atoms with van der Waals surface area (Å²) in [6, 6.07) is 10.8. The first kappa shape index (κ1) is 16.6. The predicted octanol–water partition coefficient (Wildman–Crippen LogP) is 4.57. The van der Waals surface area contributed by atoms with Crippen LogP contribution in [0.5, 0.6) is 0 Å². The molecular weight excluding hydrogens is 274 g/mol. The topological polar surface area (TPSA) is 29.5 Å². The zero-order valence-corrected chi connectivity index (χ0v) is 13.9. The van der Waals surface area contributed by atoms with Gasteiger partial charge in [0.1, 0.15) is 5.60 Å². The van der Waals surface area contributed by atoms with Crippen LogP contribution in [0, 0.1) is 0 Å². The molecule has 2 rings (SSSR count). The molecule has 3 nitrogen and oxygen atoms in total. The molecule has 0 saturated carbocycles. The number of hydrogen-bond donors (Lipinski definition) is 0. The Morgan fingerprint density at radius 1 is 1.27 bits per heavy atom. The molecule has 1 aliphatic heterocycles. The number of benzene rings is 1. The van der Waals surface area contributed by atoms with Crippen molar-refractivity contribution in [3.63, 3.8) is 0 Å². The Morgan fingerprint density at radius 2 is 1.91 bits per heavy atom. The number of nitrogens with zero attached hydrogens (tertiary/aromatic N) is 1. The zero-order valence-electron chi connectivity index (χ0n) is 13.9. The maximum Gasteiger partial charge on any atom is 0.410 e. The van der Waals surface area contributed by atoms with E-state index in [4.69, 9.17) is 4.74 Å². The molecule has 0 aromatic heterocycles. The number of rotatable bonds is 4. The van der Waals surface area contributed by atoms with Crippen LogP contribution in [0.2, 0.25) is 0 Å². The van der Waals surface area contributed by atoms with Crippen LogP contribution in [0.1, 0.15) is 45.6 Å². The van der Waals surface area contributed by atoms with E-state index in [1.54, 1.807) is 0 Å². The smallest absolute Gasteiger partial charge is 0.410 e. The van der Waals surface area contributed by atoms with Crippen molar-refractivity contribution in [2.45, 2.75) is 64.1 Å². The predicted molar refractivity (Wildman–Crippen MR) is 89.8 cm³/mol. The van der Waals surface area contributed by atoms with E-state index in [-0.39, 0.29) is 18.2 Å². The van der Waals surface area contributed by atoms with Gasteiger partial charge in [0.05, 0.1) is 0 Å². The van der Waals surface area contributed by atoms with E-state index in [0.717, 1.165) is 25.7 Å². The highest BCUT2D eigenvalue weighted by atomic mass is 16.6. The average Bonchev–Trinajstić information content (AvgIpc) is 2.81. The van der Waals surface area contributed by atoms with E-state index >= 15 is 0 Å². The second kappa shape index (κ2) is 6.99. The fraction of sp³-hybridized carbons (Fsp3) is 0.526. The molecule has 0 bridgehead atoms. The molecule has 0 N–H and O–H groups in total. The van der Waals surface area contributed by atoms with Crippen LogP contribution in [-0.2, 0) is 11.2 Å². The van der Waals surface area contributed by atoms with Crippen LogP contribution >= 0.6 is 0 Å². The van der Waals surface area contributed by atoms with E-state index < -0.39 is 5.60 Å². The van der Waals surface area contributed by atoms with Crippen molar-refractivity contribution >= 4 is 6.09 Å². The fourth-order valence-corrected chi connectivity index (χ4v) is 3.08. The van der Waals surface area contributed by atoms with E-state index in [9.17, 15) is 4.79 Å². The minimum atomic E-state index is -0.463. The van der Waals surface area contributed by atoms with Gasteiger partial charge in [0.15, 0.2) is 0 Å². The first-order chi connectivity index (χ1) is 10.4. The maximum absolute atomic E-state index is 12.6. The molecule has 0 spiro atoms. The van der Waals surface area contributed by atoms with E-state index in [0.29, 0.717) is 0 Å². The normalized spacial score (nSPS) is 21.7. The van der Waals surface area contributed by atoms with E-state index in [1.165, 1.54) is 5.56 Å². The highest BCUT2D eigenvalue weighted by Gasteiger charge is 2.38. The molecule has 120 valence electrons. The molecule has 22 heavy (non-hydrogen) atoms. The lowest BCUT2D eigenvalue weighted by atomic mass is 10.0. The lowest BCUT2D eigenvalue weighted by Gasteiger charge is -2.32. The molecular formula is C19H27NO2. The van der Waals surface area contributed by atoms with Crippen molar-refractivity contribution in [2.75, 3.05) is 0 Å². The first-order valence-electron chi connectivity index (χ1n) is 8.07. The molecule has 2 atom stereocenters. The van der Waals surface area contributed by atoms with Crippen molar-refractivity contribution in [1.82, 2.24) is 4.90 Å². The zero-order chi connectivity index (χ0) is 16.2. The van der Waals surface area contributed by atoms with Gasteiger partial charge >= 0.3 is 6.09 Å². The van der Waals surface area contributed by atoms with Gasteiger partial charge in [0.25, 0.3) is 0 Å². The van der Waals surface area contributed by atoms with E-state index in [2.05, 4.69) is 18.7 Å². The third-order valence-corrected chi connectivity index (χ3v) is 3.98. The third-order valence-electron chi connectivity index (χ3n) is 3.98. The van der Waals surface area contributed by atoms with Crippen LogP contribution in [-0.4, -0.2) is 28.7 Å². The summed E-state index contributed by atoms with van der Waals surface area (Å²) in [5.74, 6) is 0. The summed E-state index contributed by atoms with van der Waals surface area (Å²) < 4.78 is 5.62. The number of likely N-dealkylation sites (tertiary alicyclic amines) is 1. The third kappa shape index (κ3) is 4.36. The van der Waals surface area contributed by atoms with Gasteiger partial charge in [0, 0.05) is 12.1 Å². The maximum atomic E-state index is 12.6. The number of amides is 1. The number of hydrogen-bond acceptors (Lipinski definition) is 2. The summed E-state index contributed by atoms with van der Waals surface area (Å²) in [5.41, 5.74) is 0.802. The van der Waals surface area contributed by atoms with Crippen LogP contribution < -0.4 is 0 Å². The Morgan fingerprint density at radius 3 is 2.50 bits per heavy atom. The summed E-state index contributed by atoms with van der Waals surface area (Å²) in [4.78, 5) is 14.6. The highest BCUT2D eigenvalue weighted by Crippen LogP contribution is 2.30. The number of carbonyl (C=O) groups is 1. The fourth-order valence-electron chi connectivity index (χ4n) is 3.08. The molecule has 0 aliphatic carbocycles. The Bertz CT molecular complexity index is 504. The minimum absolute atomic E-state index is 0.196. The minimum Gasteiger partial charge on any atom is -0.444 e. The van der Waals surface area contributed by atoms with Crippen molar-refractivity contribution in [3.05, 3.63) is 48.6 Å². The van der Waals surface area contributed by atoms with Crippen molar-refractivity contribution < 1.29 is 9.53 Å². The van der Waals surface area contributed by atoms with Crippen LogP contribution in [0.15, 0.2) is 43.0 Å². The molecule has 1 unspecified atom stereocenters. The van der Waals surface area contributed by atoms with Gasteiger partial charge in [-0.1, -0.05) is 36.4 Å². The standard InChI is InChI=1S/C19H27NO2/c1-5-9-16-12-13-17(14-15-10-7-6-8-11-15)20(16)18(21)22-19(2,3)4/h5-8,10-11,16-17H,1,9,12-14H2,2-4H3/t16?,17-/m1/s1. The summed E-state index contributed by atoms with van der Waals surface area (Å²) in [6.07, 6.45) is 5.44. The van der Waals surface area contributed by atoms with Crippen molar-refractivity contribution in [3.8, 4) is 0 Å². The second-order valence-electron chi connectivity index (χ2n) is 6.99. The molecule has 1 heterocycles. The van der Waals surface area contributed by atoms with Crippen LogP contribution in [0.3, 0.4) is 0 Å². The van der Waals surface area contributed by atoms with Crippen molar-refractivity contribution in [2.24, 2.45) is 0 Å².